The summed E-state index contributed by atoms with van der Waals surface area (Å²) in [5.74, 6) is -0.252. The Bertz CT molecular complexity index is 536. The lowest BCUT2D eigenvalue weighted by Gasteiger charge is -2.32. The van der Waals surface area contributed by atoms with Crippen molar-refractivity contribution in [2.45, 2.75) is 71.8 Å². The highest BCUT2D eigenvalue weighted by molar-refractivity contribution is 6.62. The Morgan fingerprint density at radius 1 is 1.09 bits per heavy atom. The van der Waals surface area contributed by atoms with Crippen LogP contribution < -0.4 is 10.8 Å². The summed E-state index contributed by atoms with van der Waals surface area (Å²) in [6.07, 6.45) is 0. The molecule has 0 unspecified atom stereocenters. The van der Waals surface area contributed by atoms with Crippen LogP contribution in [-0.4, -0.2) is 23.9 Å². The fraction of sp³-hybridized carbons (Fsp3) is 0.647. The van der Waals surface area contributed by atoms with Crippen molar-refractivity contribution in [1.82, 2.24) is 5.32 Å². The lowest BCUT2D eigenvalue weighted by atomic mass is 9.78. The normalized spacial score (nSPS) is 20.5. The van der Waals surface area contributed by atoms with Crippen molar-refractivity contribution >= 4 is 12.6 Å². The van der Waals surface area contributed by atoms with Crippen LogP contribution in [0, 0.1) is 5.82 Å². The monoisotopic (exact) mass is 307 g/mol. The zero-order chi connectivity index (χ0) is 16.8. The van der Waals surface area contributed by atoms with Gasteiger partial charge in [-0.1, -0.05) is 18.2 Å². The van der Waals surface area contributed by atoms with E-state index < -0.39 is 18.3 Å². The molecular weight excluding hydrogens is 280 g/mol. The largest absolute Gasteiger partial charge is 0.497 e. The van der Waals surface area contributed by atoms with E-state index in [-0.39, 0.29) is 11.4 Å². The van der Waals surface area contributed by atoms with Crippen molar-refractivity contribution in [2.24, 2.45) is 0 Å². The van der Waals surface area contributed by atoms with E-state index in [1.807, 2.05) is 33.8 Å². The van der Waals surface area contributed by atoms with Crippen LogP contribution in [0.4, 0.5) is 4.39 Å². The molecule has 1 aromatic rings. The quantitative estimate of drug-likeness (QED) is 0.871. The van der Waals surface area contributed by atoms with Crippen LogP contribution in [0.25, 0.3) is 0 Å². The molecule has 2 rings (SSSR count). The third kappa shape index (κ3) is 3.53. The maximum Gasteiger partial charge on any atom is 0.497 e. The Kier molecular flexibility index (Phi) is 4.46. The molecule has 3 nitrogen and oxygen atoms in total. The average molecular weight is 307 g/mol. The zero-order valence-electron chi connectivity index (χ0n) is 14.7. The molecule has 0 atom stereocenters. The van der Waals surface area contributed by atoms with Gasteiger partial charge in [0.1, 0.15) is 5.82 Å². The molecule has 1 saturated heterocycles. The fourth-order valence-electron chi connectivity index (χ4n) is 2.25. The predicted molar refractivity (Wildman–Crippen MR) is 88.7 cm³/mol. The van der Waals surface area contributed by atoms with E-state index in [1.165, 1.54) is 0 Å². The third-order valence-electron chi connectivity index (χ3n) is 4.42. The van der Waals surface area contributed by atoms with Crippen LogP contribution in [0.1, 0.15) is 54.0 Å². The molecule has 122 valence electrons. The minimum absolute atomic E-state index is 0.0627. The summed E-state index contributed by atoms with van der Waals surface area (Å²) in [7, 11) is -0.667. The Balaban J connectivity index is 2.23. The van der Waals surface area contributed by atoms with Gasteiger partial charge in [-0.15, -0.1) is 0 Å². The van der Waals surface area contributed by atoms with Gasteiger partial charge < -0.3 is 14.6 Å². The van der Waals surface area contributed by atoms with Crippen LogP contribution in [0.15, 0.2) is 18.2 Å². The highest BCUT2D eigenvalue weighted by Gasteiger charge is 2.52. The number of hydrogen-bond acceptors (Lipinski definition) is 3. The smallest absolute Gasteiger partial charge is 0.399 e. The van der Waals surface area contributed by atoms with Crippen LogP contribution in [0.2, 0.25) is 0 Å². The molecule has 1 N–H and O–H groups in total. The van der Waals surface area contributed by atoms with Crippen molar-refractivity contribution in [2.75, 3.05) is 0 Å². The van der Waals surface area contributed by atoms with Gasteiger partial charge in [0.25, 0.3) is 0 Å². The van der Waals surface area contributed by atoms with Crippen LogP contribution in [0.5, 0.6) is 0 Å². The molecule has 5 heteroatoms. The molecule has 1 aliphatic rings. The maximum atomic E-state index is 14.8. The zero-order valence-corrected chi connectivity index (χ0v) is 14.7. The first kappa shape index (κ1) is 17.4. The molecule has 0 radical (unpaired) electrons. The van der Waals surface area contributed by atoms with Gasteiger partial charge in [0, 0.05) is 23.1 Å². The molecule has 0 aliphatic carbocycles. The maximum absolute atomic E-state index is 14.8. The summed E-state index contributed by atoms with van der Waals surface area (Å²) >= 11 is 0. The molecule has 1 fully saturated rings. The van der Waals surface area contributed by atoms with E-state index in [0.717, 1.165) is 0 Å². The molecule has 0 spiro atoms. The van der Waals surface area contributed by atoms with E-state index in [0.29, 0.717) is 17.6 Å². The third-order valence-corrected chi connectivity index (χ3v) is 4.42. The second-order valence-electron chi connectivity index (χ2n) is 8.01. The minimum atomic E-state index is -0.667. The van der Waals surface area contributed by atoms with E-state index in [2.05, 4.69) is 26.1 Å². The van der Waals surface area contributed by atoms with Crippen LogP contribution >= 0.6 is 0 Å². The second kappa shape index (κ2) is 5.62. The van der Waals surface area contributed by atoms with Gasteiger partial charge in [-0.05, 0) is 48.5 Å². The standard InChI is InChI=1S/C17H27BFNO2/c1-15(2,3)20-11-12-9-8-10-13(14(12)19)18-21-16(4,5)17(6,7)22-18/h8-10,20H,11H2,1-7H3. The SMILES string of the molecule is CC(C)(C)NCc1cccc(B2OC(C)(C)C(C)(C)O2)c1F. The molecule has 0 bridgehead atoms. The van der Waals surface area contributed by atoms with Crippen molar-refractivity contribution in [1.29, 1.82) is 0 Å². The Labute approximate surface area is 133 Å². The summed E-state index contributed by atoms with van der Waals surface area (Å²) < 4.78 is 26.7. The minimum Gasteiger partial charge on any atom is -0.399 e. The van der Waals surface area contributed by atoms with Crippen molar-refractivity contribution in [3.8, 4) is 0 Å². The number of rotatable bonds is 3. The Morgan fingerprint density at radius 3 is 2.14 bits per heavy atom. The van der Waals surface area contributed by atoms with Crippen LogP contribution in [0.3, 0.4) is 0 Å². The van der Waals surface area contributed by atoms with E-state index in [1.54, 1.807) is 12.1 Å². The lowest BCUT2D eigenvalue weighted by Crippen LogP contribution is -2.41. The molecule has 1 aromatic carbocycles. The number of benzene rings is 1. The first-order valence-corrected chi connectivity index (χ1v) is 7.81. The topological polar surface area (TPSA) is 30.5 Å². The first-order valence-electron chi connectivity index (χ1n) is 7.81. The van der Waals surface area contributed by atoms with Gasteiger partial charge >= 0.3 is 7.12 Å². The lowest BCUT2D eigenvalue weighted by molar-refractivity contribution is 0.00578. The molecule has 0 aromatic heterocycles. The van der Waals surface area contributed by atoms with Gasteiger partial charge in [0.2, 0.25) is 0 Å². The first-order chi connectivity index (χ1) is 9.93. The van der Waals surface area contributed by atoms with Crippen LogP contribution in [-0.2, 0) is 15.9 Å². The van der Waals surface area contributed by atoms with Gasteiger partial charge in [0.15, 0.2) is 0 Å². The number of nitrogens with one attached hydrogen (secondary N) is 1. The Morgan fingerprint density at radius 2 is 1.64 bits per heavy atom. The molecule has 1 heterocycles. The van der Waals surface area contributed by atoms with E-state index in [4.69, 9.17) is 9.31 Å². The highest BCUT2D eigenvalue weighted by atomic mass is 19.1. The summed E-state index contributed by atoms with van der Waals surface area (Å²) in [6, 6.07) is 5.38. The molecule has 0 saturated carbocycles. The van der Waals surface area contributed by atoms with E-state index >= 15 is 0 Å². The summed E-state index contributed by atoms with van der Waals surface area (Å²) in [4.78, 5) is 0. The molecule has 0 amide bonds. The average Bonchev–Trinajstić information content (AvgIpc) is 2.56. The number of halogens is 1. The molecule has 1 aliphatic heterocycles. The summed E-state index contributed by atoms with van der Waals surface area (Å²) in [6.45, 7) is 14.5. The summed E-state index contributed by atoms with van der Waals surface area (Å²) in [5, 5.41) is 3.31. The molecule has 22 heavy (non-hydrogen) atoms. The van der Waals surface area contributed by atoms with Crippen molar-refractivity contribution in [3.05, 3.63) is 29.6 Å². The summed E-state index contributed by atoms with van der Waals surface area (Å²) in [5.41, 5.74) is 0.0920. The Hall–Kier alpha value is -0.905. The van der Waals surface area contributed by atoms with Crippen molar-refractivity contribution in [3.63, 3.8) is 0 Å². The number of hydrogen-bond donors (Lipinski definition) is 1. The van der Waals surface area contributed by atoms with Crippen molar-refractivity contribution < 1.29 is 13.7 Å². The predicted octanol–water partition coefficient (Wildman–Crippen LogP) is 3.01. The fourth-order valence-corrected chi connectivity index (χ4v) is 2.25. The van der Waals surface area contributed by atoms with E-state index in [9.17, 15) is 4.39 Å². The van der Waals surface area contributed by atoms with Gasteiger partial charge in [-0.2, -0.15) is 0 Å². The highest BCUT2D eigenvalue weighted by Crippen LogP contribution is 2.36. The van der Waals surface area contributed by atoms with Gasteiger partial charge in [0.05, 0.1) is 11.2 Å². The van der Waals surface area contributed by atoms with Gasteiger partial charge in [-0.3, -0.25) is 0 Å². The molecular formula is C17H27BFNO2. The van der Waals surface area contributed by atoms with Gasteiger partial charge in [-0.25, -0.2) is 4.39 Å². The second-order valence-corrected chi connectivity index (χ2v) is 8.01.